The van der Waals surface area contributed by atoms with Crippen LogP contribution < -0.4 is 0 Å². The average Bonchev–Trinajstić information content (AvgIpc) is 2.66. The molecular weight excluding hydrogens is 362 g/mol. The first-order valence-electron chi connectivity index (χ1n) is 9.81. The molecule has 0 radical (unpaired) electrons. The van der Waals surface area contributed by atoms with E-state index in [1.807, 2.05) is 13.0 Å². The highest BCUT2D eigenvalue weighted by molar-refractivity contribution is 5.91. The molecule has 1 N–H and O–H groups in total. The number of hydrogen-bond donors (Lipinski definition) is 1. The maximum Gasteiger partial charge on any atom is 0.335 e. The molecule has 0 saturated carbocycles. The number of hydrogen-bond acceptors (Lipinski definition) is 2. The Bertz CT molecular complexity index is 1060. The number of carboxylic acid groups (broad SMARTS) is 1. The predicted octanol–water partition coefficient (Wildman–Crippen LogP) is 7.24. The van der Waals surface area contributed by atoms with Gasteiger partial charge in [0.1, 0.15) is 0 Å². The first-order chi connectivity index (χ1) is 13.5. The second-order valence-electron chi connectivity index (χ2n) is 9.12. The number of benzene rings is 2. The van der Waals surface area contributed by atoms with Gasteiger partial charge in [-0.25, -0.2) is 4.79 Å². The van der Waals surface area contributed by atoms with E-state index in [9.17, 15) is 9.90 Å². The number of carbonyl (C=O) groups is 1. The van der Waals surface area contributed by atoms with Crippen LogP contribution in [0.15, 0.2) is 41.5 Å². The van der Waals surface area contributed by atoms with Crippen molar-refractivity contribution in [3.05, 3.63) is 74.7 Å². The molecule has 5 nitrogen and oxygen atoms in total. The molecule has 0 heterocycles. The van der Waals surface area contributed by atoms with Crippen LogP contribution in [0.3, 0.4) is 0 Å². The number of fused-ring (bicyclic) bond motifs is 1. The molecule has 0 amide bonds. The summed E-state index contributed by atoms with van der Waals surface area (Å²) in [7, 11) is 0. The summed E-state index contributed by atoms with van der Waals surface area (Å²) in [4.78, 5) is 14.1. The zero-order valence-electron chi connectivity index (χ0n) is 17.7. The number of carboxylic acids is 1. The number of aromatic carboxylic acids is 1. The van der Waals surface area contributed by atoms with Gasteiger partial charge in [-0.3, -0.25) is 0 Å². The van der Waals surface area contributed by atoms with Gasteiger partial charge in [-0.2, -0.15) is 0 Å². The van der Waals surface area contributed by atoms with Crippen LogP contribution in [-0.2, 0) is 10.8 Å². The van der Waals surface area contributed by atoms with Crippen LogP contribution in [0.4, 0.5) is 5.69 Å². The van der Waals surface area contributed by atoms with E-state index in [2.05, 4.69) is 55.9 Å². The summed E-state index contributed by atoms with van der Waals surface area (Å²) in [6.45, 7) is 11.2. The van der Waals surface area contributed by atoms with E-state index in [1.165, 1.54) is 29.7 Å². The lowest BCUT2D eigenvalue weighted by atomic mass is 9.63. The summed E-state index contributed by atoms with van der Waals surface area (Å²) in [5.41, 5.74) is 15.2. The molecule has 29 heavy (non-hydrogen) atoms. The molecule has 0 aromatic heterocycles. The van der Waals surface area contributed by atoms with Crippen LogP contribution in [0.1, 0.15) is 80.1 Å². The van der Waals surface area contributed by atoms with Crippen LogP contribution >= 0.6 is 0 Å². The standard InChI is InChI=1S/C24H27N3O2/c1-15(12-17-6-7-18(22(28)29)14-21(17)26-27-25)16-8-9-19-20(13-16)24(4,5)11-10-23(19,2)3/h6-9,12-14H,10-11H2,1-5H3,(H,28,29). The molecule has 2 aromatic carbocycles. The summed E-state index contributed by atoms with van der Waals surface area (Å²) in [5.74, 6) is -1.05. The van der Waals surface area contributed by atoms with Crippen molar-refractivity contribution in [1.82, 2.24) is 0 Å². The second kappa shape index (κ2) is 7.41. The Labute approximate surface area is 171 Å². The van der Waals surface area contributed by atoms with E-state index in [0.717, 1.165) is 17.6 Å². The molecule has 0 fully saturated rings. The first kappa shape index (κ1) is 20.7. The number of nitrogens with zero attached hydrogens (tertiary/aromatic N) is 3. The SMILES string of the molecule is CC(=Cc1ccc(C(=O)O)cc1N=[N+]=[N-])c1ccc2c(c1)C(C)(C)CCC2(C)C. The third-order valence-electron chi connectivity index (χ3n) is 6.11. The maximum atomic E-state index is 11.2. The zero-order chi connectivity index (χ0) is 21.4. The molecule has 0 bridgehead atoms. The molecule has 5 heteroatoms. The van der Waals surface area contributed by atoms with Crippen LogP contribution in [0.5, 0.6) is 0 Å². The Morgan fingerprint density at radius 3 is 2.28 bits per heavy atom. The quantitative estimate of drug-likeness (QED) is 0.259. The fourth-order valence-electron chi connectivity index (χ4n) is 4.08. The molecular formula is C24H27N3O2. The minimum atomic E-state index is -1.05. The molecule has 0 atom stereocenters. The van der Waals surface area contributed by atoms with Gasteiger partial charge in [0.2, 0.25) is 0 Å². The molecule has 0 spiro atoms. The molecule has 2 aromatic rings. The highest BCUT2D eigenvalue weighted by Crippen LogP contribution is 2.46. The van der Waals surface area contributed by atoms with Crippen molar-refractivity contribution < 1.29 is 9.90 Å². The van der Waals surface area contributed by atoms with Gasteiger partial charge in [-0.05, 0) is 76.1 Å². The summed E-state index contributed by atoms with van der Waals surface area (Å²) in [6.07, 6.45) is 4.27. The highest BCUT2D eigenvalue weighted by Gasteiger charge is 2.36. The van der Waals surface area contributed by atoms with Gasteiger partial charge < -0.3 is 5.11 Å². The third-order valence-corrected chi connectivity index (χ3v) is 6.11. The zero-order valence-corrected chi connectivity index (χ0v) is 17.7. The molecule has 0 saturated heterocycles. The fraction of sp³-hybridized carbons (Fsp3) is 0.375. The van der Waals surface area contributed by atoms with E-state index in [0.29, 0.717) is 11.3 Å². The molecule has 150 valence electrons. The minimum absolute atomic E-state index is 0.0972. The van der Waals surface area contributed by atoms with E-state index < -0.39 is 5.97 Å². The van der Waals surface area contributed by atoms with E-state index in [-0.39, 0.29) is 16.4 Å². The molecule has 1 aliphatic carbocycles. The normalized spacial score (nSPS) is 17.2. The van der Waals surface area contributed by atoms with Crippen molar-refractivity contribution in [1.29, 1.82) is 0 Å². The fourth-order valence-corrected chi connectivity index (χ4v) is 4.08. The second-order valence-corrected chi connectivity index (χ2v) is 9.12. The van der Waals surface area contributed by atoms with E-state index >= 15 is 0 Å². The monoisotopic (exact) mass is 389 g/mol. The number of allylic oxidation sites excluding steroid dienone is 1. The predicted molar refractivity (Wildman–Crippen MR) is 117 cm³/mol. The lowest BCUT2D eigenvalue weighted by molar-refractivity contribution is 0.0697. The highest BCUT2D eigenvalue weighted by atomic mass is 16.4. The number of rotatable bonds is 4. The Morgan fingerprint density at radius 1 is 1.03 bits per heavy atom. The minimum Gasteiger partial charge on any atom is -0.478 e. The van der Waals surface area contributed by atoms with Crippen molar-refractivity contribution in [2.24, 2.45) is 5.11 Å². The summed E-state index contributed by atoms with van der Waals surface area (Å²) in [6, 6.07) is 11.3. The van der Waals surface area contributed by atoms with Gasteiger partial charge >= 0.3 is 5.97 Å². The van der Waals surface area contributed by atoms with E-state index in [4.69, 9.17) is 5.53 Å². The smallest absolute Gasteiger partial charge is 0.335 e. The van der Waals surface area contributed by atoms with Crippen molar-refractivity contribution >= 4 is 23.3 Å². The largest absolute Gasteiger partial charge is 0.478 e. The van der Waals surface area contributed by atoms with Crippen LogP contribution in [0.25, 0.3) is 22.1 Å². The van der Waals surface area contributed by atoms with Crippen LogP contribution in [0, 0.1) is 0 Å². The van der Waals surface area contributed by atoms with E-state index in [1.54, 1.807) is 6.07 Å². The van der Waals surface area contributed by atoms with Crippen molar-refractivity contribution in [2.45, 2.75) is 58.3 Å². The lowest BCUT2D eigenvalue weighted by Crippen LogP contribution is -2.33. The summed E-state index contributed by atoms with van der Waals surface area (Å²) < 4.78 is 0. The molecule has 3 rings (SSSR count). The van der Waals surface area contributed by atoms with Crippen molar-refractivity contribution in [2.75, 3.05) is 0 Å². The van der Waals surface area contributed by atoms with Crippen molar-refractivity contribution in [3.8, 4) is 0 Å². The van der Waals surface area contributed by atoms with Gasteiger partial charge in [-0.15, -0.1) is 0 Å². The average molecular weight is 389 g/mol. The van der Waals surface area contributed by atoms with Gasteiger partial charge in [0.05, 0.1) is 5.56 Å². The number of azide groups is 1. The third kappa shape index (κ3) is 4.06. The van der Waals surface area contributed by atoms with Gasteiger partial charge in [0.25, 0.3) is 0 Å². The summed E-state index contributed by atoms with van der Waals surface area (Å²) in [5, 5.41) is 12.9. The van der Waals surface area contributed by atoms with Gasteiger partial charge in [0, 0.05) is 10.6 Å². The van der Waals surface area contributed by atoms with Gasteiger partial charge in [-0.1, -0.05) is 63.2 Å². The Balaban J connectivity index is 2.08. The van der Waals surface area contributed by atoms with Crippen LogP contribution in [0.2, 0.25) is 0 Å². The molecule has 0 aliphatic heterocycles. The Hall–Kier alpha value is -3.04. The first-order valence-corrected chi connectivity index (χ1v) is 9.81. The van der Waals surface area contributed by atoms with Crippen LogP contribution in [-0.4, -0.2) is 11.1 Å². The van der Waals surface area contributed by atoms with Crippen molar-refractivity contribution in [3.63, 3.8) is 0 Å². The summed E-state index contributed by atoms with van der Waals surface area (Å²) >= 11 is 0. The maximum absolute atomic E-state index is 11.2. The molecule has 1 aliphatic rings. The topological polar surface area (TPSA) is 86.1 Å². The Morgan fingerprint density at radius 2 is 1.66 bits per heavy atom. The van der Waals surface area contributed by atoms with Gasteiger partial charge in [0.15, 0.2) is 0 Å². The lowest BCUT2D eigenvalue weighted by Gasteiger charge is -2.42. The Kier molecular flexibility index (Phi) is 5.29. The molecule has 0 unspecified atom stereocenters.